The number of amides is 1. The monoisotopic (exact) mass is 290 g/mol. The van der Waals surface area contributed by atoms with Crippen LogP contribution in [0.25, 0.3) is 0 Å². The smallest absolute Gasteiger partial charge is 0.226 e. The molecule has 1 amide bonds. The van der Waals surface area contributed by atoms with Crippen molar-refractivity contribution in [1.82, 2.24) is 10.6 Å². The van der Waals surface area contributed by atoms with Crippen molar-refractivity contribution in [3.8, 4) is 0 Å². The number of carbonyl (C=O) groups is 1. The quantitative estimate of drug-likeness (QED) is 0.900. The van der Waals surface area contributed by atoms with Gasteiger partial charge in [0, 0.05) is 17.4 Å². The SMILES string of the molecule is CC(C)(C(=O)NC1CCCc2occc21)C1CCCNC1. The number of aryl methyl sites for hydroxylation is 1. The van der Waals surface area contributed by atoms with E-state index >= 15 is 0 Å². The molecule has 4 heteroatoms. The van der Waals surface area contributed by atoms with Gasteiger partial charge in [0.25, 0.3) is 0 Å². The maximum atomic E-state index is 12.8. The van der Waals surface area contributed by atoms with E-state index in [1.54, 1.807) is 6.26 Å². The van der Waals surface area contributed by atoms with Gasteiger partial charge < -0.3 is 15.1 Å². The van der Waals surface area contributed by atoms with Crippen molar-refractivity contribution in [3.05, 3.63) is 23.7 Å². The average molecular weight is 290 g/mol. The second-order valence-corrected chi connectivity index (χ2v) is 6.98. The van der Waals surface area contributed by atoms with Crippen LogP contribution in [0.2, 0.25) is 0 Å². The molecule has 21 heavy (non-hydrogen) atoms. The van der Waals surface area contributed by atoms with Crippen molar-refractivity contribution in [2.24, 2.45) is 11.3 Å². The zero-order chi connectivity index (χ0) is 14.9. The predicted octanol–water partition coefficient (Wildman–Crippen LogP) is 2.80. The molecule has 0 aromatic carbocycles. The lowest BCUT2D eigenvalue weighted by Crippen LogP contribution is -2.48. The molecule has 1 aliphatic heterocycles. The summed E-state index contributed by atoms with van der Waals surface area (Å²) in [4.78, 5) is 12.8. The van der Waals surface area contributed by atoms with Gasteiger partial charge in [-0.3, -0.25) is 4.79 Å². The van der Waals surface area contributed by atoms with Crippen LogP contribution < -0.4 is 10.6 Å². The Morgan fingerprint density at radius 2 is 2.24 bits per heavy atom. The van der Waals surface area contributed by atoms with Gasteiger partial charge in [0.2, 0.25) is 5.91 Å². The first kappa shape index (κ1) is 14.6. The highest BCUT2D eigenvalue weighted by Gasteiger charge is 2.38. The first-order valence-corrected chi connectivity index (χ1v) is 8.17. The van der Waals surface area contributed by atoms with E-state index in [0.29, 0.717) is 5.92 Å². The van der Waals surface area contributed by atoms with Crippen LogP contribution in [-0.4, -0.2) is 19.0 Å². The third kappa shape index (κ3) is 2.86. The molecular formula is C17H26N2O2. The maximum Gasteiger partial charge on any atom is 0.226 e. The van der Waals surface area contributed by atoms with Gasteiger partial charge in [-0.25, -0.2) is 0 Å². The van der Waals surface area contributed by atoms with Gasteiger partial charge in [-0.1, -0.05) is 13.8 Å². The summed E-state index contributed by atoms with van der Waals surface area (Å²) in [6.07, 6.45) is 7.12. The van der Waals surface area contributed by atoms with E-state index in [1.165, 1.54) is 5.56 Å². The molecule has 1 aromatic rings. The number of furan rings is 1. The Morgan fingerprint density at radius 3 is 3.00 bits per heavy atom. The fraction of sp³-hybridized carbons (Fsp3) is 0.706. The summed E-state index contributed by atoms with van der Waals surface area (Å²) >= 11 is 0. The van der Waals surface area contributed by atoms with Crippen LogP contribution in [0.15, 0.2) is 16.7 Å². The predicted molar refractivity (Wildman–Crippen MR) is 81.9 cm³/mol. The number of piperidine rings is 1. The van der Waals surface area contributed by atoms with Crippen molar-refractivity contribution >= 4 is 5.91 Å². The second-order valence-electron chi connectivity index (χ2n) is 6.98. The molecule has 116 valence electrons. The zero-order valence-corrected chi connectivity index (χ0v) is 13.1. The van der Waals surface area contributed by atoms with E-state index in [4.69, 9.17) is 4.42 Å². The number of hydrogen-bond donors (Lipinski definition) is 2. The minimum absolute atomic E-state index is 0.121. The lowest BCUT2D eigenvalue weighted by Gasteiger charge is -2.37. The van der Waals surface area contributed by atoms with Gasteiger partial charge in [0.05, 0.1) is 12.3 Å². The molecule has 4 nitrogen and oxygen atoms in total. The van der Waals surface area contributed by atoms with Crippen molar-refractivity contribution in [1.29, 1.82) is 0 Å². The van der Waals surface area contributed by atoms with Gasteiger partial charge in [-0.15, -0.1) is 0 Å². The van der Waals surface area contributed by atoms with Crippen molar-refractivity contribution in [3.63, 3.8) is 0 Å². The average Bonchev–Trinajstić information content (AvgIpc) is 2.97. The maximum absolute atomic E-state index is 12.8. The molecule has 3 rings (SSSR count). The highest BCUT2D eigenvalue weighted by Crippen LogP contribution is 2.35. The van der Waals surface area contributed by atoms with Crippen molar-refractivity contribution < 1.29 is 9.21 Å². The molecule has 2 aliphatic rings. The largest absolute Gasteiger partial charge is 0.469 e. The minimum atomic E-state index is -0.325. The Balaban J connectivity index is 1.69. The topological polar surface area (TPSA) is 54.3 Å². The van der Waals surface area contributed by atoms with E-state index in [9.17, 15) is 4.79 Å². The Morgan fingerprint density at radius 1 is 1.38 bits per heavy atom. The van der Waals surface area contributed by atoms with Crippen LogP contribution in [0.5, 0.6) is 0 Å². The molecule has 2 atom stereocenters. The summed E-state index contributed by atoms with van der Waals surface area (Å²) in [5.74, 6) is 1.64. The van der Waals surface area contributed by atoms with Crippen molar-refractivity contribution in [2.75, 3.05) is 13.1 Å². The number of hydrogen-bond acceptors (Lipinski definition) is 3. The fourth-order valence-electron chi connectivity index (χ4n) is 3.63. The Hall–Kier alpha value is -1.29. The number of rotatable bonds is 3. The highest BCUT2D eigenvalue weighted by atomic mass is 16.3. The number of fused-ring (bicyclic) bond motifs is 1. The third-order valence-electron chi connectivity index (χ3n) is 5.26. The summed E-state index contributed by atoms with van der Waals surface area (Å²) in [6.45, 7) is 6.19. The van der Waals surface area contributed by atoms with E-state index in [-0.39, 0.29) is 17.4 Å². The molecule has 0 spiro atoms. The molecule has 1 aromatic heterocycles. The Kier molecular flexibility index (Phi) is 4.07. The van der Waals surface area contributed by atoms with Gasteiger partial charge in [0.1, 0.15) is 5.76 Å². The summed E-state index contributed by atoms with van der Waals surface area (Å²) in [5, 5.41) is 6.69. The van der Waals surface area contributed by atoms with Crippen LogP contribution in [0.3, 0.4) is 0 Å². The molecule has 2 heterocycles. The van der Waals surface area contributed by atoms with E-state index in [1.807, 2.05) is 6.07 Å². The van der Waals surface area contributed by atoms with Crippen LogP contribution in [0.4, 0.5) is 0 Å². The standard InChI is InChI=1S/C17H26N2O2/c1-17(2,12-5-4-9-18-11-12)16(20)19-14-6-3-7-15-13(14)8-10-21-15/h8,10,12,14,18H,3-7,9,11H2,1-2H3,(H,19,20). The van der Waals surface area contributed by atoms with Crippen LogP contribution in [0.1, 0.15) is 56.9 Å². The normalized spacial score (nSPS) is 26.2. The van der Waals surface area contributed by atoms with E-state index in [0.717, 1.165) is 51.0 Å². The van der Waals surface area contributed by atoms with Gasteiger partial charge >= 0.3 is 0 Å². The molecule has 0 radical (unpaired) electrons. The zero-order valence-electron chi connectivity index (χ0n) is 13.1. The molecule has 1 fully saturated rings. The second kappa shape index (κ2) is 5.84. The minimum Gasteiger partial charge on any atom is -0.469 e. The molecule has 1 saturated heterocycles. The van der Waals surface area contributed by atoms with Gasteiger partial charge in [-0.2, -0.15) is 0 Å². The molecular weight excluding hydrogens is 264 g/mol. The summed E-state index contributed by atoms with van der Waals surface area (Å²) in [5.41, 5.74) is 0.849. The van der Waals surface area contributed by atoms with Gasteiger partial charge in [0.15, 0.2) is 0 Å². The Bertz CT molecular complexity index is 501. The first-order chi connectivity index (χ1) is 10.1. The third-order valence-corrected chi connectivity index (χ3v) is 5.26. The van der Waals surface area contributed by atoms with Crippen LogP contribution >= 0.6 is 0 Å². The van der Waals surface area contributed by atoms with Crippen molar-refractivity contribution in [2.45, 2.75) is 52.0 Å². The molecule has 0 bridgehead atoms. The summed E-state index contributed by atoms with van der Waals surface area (Å²) in [7, 11) is 0. The molecule has 0 saturated carbocycles. The number of nitrogens with one attached hydrogen (secondary N) is 2. The van der Waals surface area contributed by atoms with Crippen LogP contribution in [0, 0.1) is 11.3 Å². The first-order valence-electron chi connectivity index (χ1n) is 8.17. The van der Waals surface area contributed by atoms with Crippen LogP contribution in [-0.2, 0) is 11.2 Å². The Labute approximate surface area is 126 Å². The van der Waals surface area contributed by atoms with E-state index in [2.05, 4.69) is 24.5 Å². The lowest BCUT2D eigenvalue weighted by atomic mass is 9.74. The summed E-state index contributed by atoms with van der Waals surface area (Å²) < 4.78 is 5.51. The van der Waals surface area contributed by atoms with E-state index < -0.39 is 0 Å². The number of carbonyl (C=O) groups excluding carboxylic acids is 1. The highest BCUT2D eigenvalue weighted by molar-refractivity contribution is 5.82. The summed E-state index contributed by atoms with van der Waals surface area (Å²) in [6, 6.07) is 2.13. The fourth-order valence-corrected chi connectivity index (χ4v) is 3.63. The van der Waals surface area contributed by atoms with Gasteiger partial charge in [-0.05, 0) is 50.8 Å². The molecule has 2 unspecified atom stereocenters. The molecule has 2 N–H and O–H groups in total. The molecule has 1 aliphatic carbocycles. The lowest BCUT2D eigenvalue weighted by molar-refractivity contribution is -0.133.